The molecule has 15 heavy (non-hydrogen) atoms. The van der Waals surface area contributed by atoms with Gasteiger partial charge >= 0.3 is 0 Å². The molecule has 0 aromatic carbocycles. The summed E-state index contributed by atoms with van der Waals surface area (Å²) in [4.78, 5) is 1.51. The third-order valence-corrected chi connectivity index (χ3v) is 4.15. The first kappa shape index (κ1) is 13.0. The maximum absolute atomic E-state index is 3.68. The maximum Gasteiger partial charge on any atom is 0.0304 e. The Bertz CT molecular complexity index is 279. The highest BCUT2D eigenvalue weighted by molar-refractivity contribution is 7.10. The summed E-state index contributed by atoms with van der Waals surface area (Å²) in [5.41, 5.74) is 1.44. The van der Waals surface area contributed by atoms with Crippen LogP contribution in [0.4, 0.5) is 0 Å². The summed E-state index contributed by atoms with van der Waals surface area (Å²) < 4.78 is 0. The average molecular weight is 246 g/mol. The van der Waals surface area contributed by atoms with E-state index in [0.717, 1.165) is 12.6 Å². The van der Waals surface area contributed by atoms with Crippen LogP contribution < -0.4 is 5.32 Å². The van der Waals surface area contributed by atoms with Gasteiger partial charge < -0.3 is 5.32 Å². The zero-order chi connectivity index (χ0) is 9.80. The zero-order valence-electron chi connectivity index (χ0n) is 9.29. The van der Waals surface area contributed by atoms with Crippen molar-refractivity contribution in [2.24, 2.45) is 0 Å². The third kappa shape index (κ3) is 3.78. The van der Waals surface area contributed by atoms with E-state index in [-0.39, 0.29) is 12.4 Å². The minimum Gasteiger partial charge on any atom is -0.309 e. The second kappa shape index (κ2) is 6.51. The van der Waals surface area contributed by atoms with Crippen molar-refractivity contribution >= 4 is 23.7 Å². The molecular formula is C12H20ClNS. The van der Waals surface area contributed by atoms with Crippen molar-refractivity contribution in [3.63, 3.8) is 0 Å². The first-order valence-electron chi connectivity index (χ1n) is 5.62. The third-order valence-electron chi connectivity index (χ3n) is 3.12. The molecule has 1 aliphatic carbocycles. The second-order valence-electron chi connectivity index (χ2n) is 4.24. The minimum atomic E-state index is 0. The average Bonchev–Trinajstić information content (AvgIpc) is 2.63. The first-order chi connectivity index (χ1) is 6.86. The molecule has 0 aliphatic heterocycles. The Morgan fingerprint density at radius 2 is 2.07 bits per heavy atom. The lowest BCUT2D eigenvalue weighted by Crippen LogP contribution is -2.30. The van der Waals surface area contributed by atoms with Gasteiger partial charge in [0.05, 0.1) is 0 Å². The molecule has 1 fully saturated rings. The lowest BCUT2D eigenvalue weighted by atomic mass is 9.95. The molecule has 0 bridgehead atoms. The summed E-state index contributed by atoms with van der Waals surface area (Å²) >= 11 is 1.88. The molecule has 86 valence electrons. The SMILES string of the molecule is Cc1ccsc1CNC1CCCCC1.Cl. The predicted molar refractivity (Wildman–Crippen MR) is 70.0 cm³/mol. The molecule has 2 rings (SSSR count). The molecule has 0 radical (unpaired) electrons. The maximum atomic E-state index is 3.68. The Hall–Kier alpha value is -0.0500. The van der Waals surface area contributed by atoms with Gasteiger partial charge in [0.2, 0.25) is 0 Å². The predicted octanol–water partition coefficient (Wildman–Crippen LogP) is 3.90. The molecule has 1 N–H and O–H groups in total. The molecule has 1 nitrogen and oxygen atoms in total. The van der Waals surface area contributed by atoms with Crippen LogP contribution in [-0.4, -0.2) is 6.04 Å². The smallest absolute Gasteiger partial charge is 0.0304 e. The highest BCUT2D eigenvalue weighted by Crippen LogP contribution is 2.19. The van der Waals surface area contributed by atoms with E-state index in [1.807, 2.05) is 11.3 Å². The van der Waals surface area contributed by atoms with Crippen molar-refractivity contribution in [1.29, 1.82) is 0 Å². The monoisotopic (exact) mass is 245 g/mol. The van der Waals surface area contributed by atoms with Gasteiger partial charge in [0.25, 0.3) is 0 Å². The molecule has 1 saturated carbocycles. The van der Waals surface area contributed by atoms with Gasteiger partial charge in [-0.05, 0) is 36.8 Å². The molecule has 0 amide bonds. The molecule has 0 saturated heterocycles. The van der Waals surface area contributed by atoms with Crippen molar-refractivity contribution in [3.05, 3.63) is 21.9 Å². The summed E-state index contributed by atoms with van der Waals surface area (Å²) in [7, 11) is 0. The van der Waals surface area contributed by atoms with E-state index in [4.69, 9.17) is 0 Å². The van der Waals surface area contributed by atoms with Gasteiger partial charge in [-0.1, -0.05) is 19.3 Å². The molecule has 1 aromatic rings. The molecule has 0 atom stereocenters. The van der Waals surface area contributed by atoms with Crippen LogP contribution in [0.3, 0.4) is 0 Å². The summed E-state index contributed by atoms with van der Waals surface area (Å²) in [6, 6.07) is 2.99. The number of rotatable bonds is 3. The topological polar surface area (TPSA) is 12.0 Å². The molecule has 0 spiro atoms. The fourth-order valence-corrected chi connectivity index (χ4v) is 2.99. The fourth-order valence-electron chi connectivity index (χ4n) is 2.13. The van der Waals surface area contributed by atoms with Crippen LogP contribution in [0.2, 0.25) is 0 Å². The number of nitrogens with one attached hydrogen (secondary N) is 1. The van der Waals surface area contributed by atoms with Crippen molar-refractivity contribution in [2.45, 2.75) is 51.6 Å². The van der Waals surface area contributed by atoms with Crippen LogP contribution >= 0.6 is 23.7 Å². The largest absolute Gasteiger partial charge is 0.309 e. The summed E-state index contributed by atoms with van der Waals surface area (Å²) in [5, 5.41) is 5.86. The Kier molecular flexibility index (Phi) is 5.65. The van der Waals surface area contributed by atoms with Gasteiger partial charge in [0, 0.05) is 17.5 Å². The first-order valence-corrected chi connectivity index (χ1v) is 6.50. The summed E-state index contributed by atoms with van der Waals surface area (Å²) in [6.07, 6.45) is 7.03. The number of aryl methyl sites for hydroxylation is 1. The quantitative estimate of drug-likeness (QED) is 0.852. The van der Waals surface area contributed by atoms with Crippen molar-refractivity contribution in [3.8, 4) is 0 Å². The van der Waals surface area contributed by atoms with Crippen LogP contribution in [0.1, 0.15) is 42.5 Å². The molecule has 1 heterocycles. The van der Waals surface area contributed by atoms with E-state index in [2.05, 4.69) is 23.7 Å². The van der Waals surface area contributed by atoms with Crippen molar-refractivity contribution in [1.82, 2.24) is 5.32 Å². The normalized spacial score (nSPS) is 17.4. The Morgan fingerprint density at radius 1 is 1.33 bits per heavy atom. The Balaban J connectivity index is 0.00000112. The highest BCUT2D eigenvalue weighted by atomic mass is 35.5. The van der Waals surface area contributed by atoms with Gasteiger partial charge in [-0.2, -0.15) is 0 Å². The van der Waals surface area contributed by atoms with Crippen LogP contribution in [0.5, 0.6) is 0 Å². The molecule has 1 aromatic heterocycles. The van der Waals surface area contributed by atoms with Gasteiger partial charge in [-0.3, -0.25) is 0 Å². The lowest BCUT2D eigenvalue weighted by Gasteiger charge is -2.22. The van der Waals surface area contributed by atoms with Crippen LogP contribution in [-0.2, 0) is 6.54 Å². The van der Waals surface area contributed by atoms with Gasteiger partial charge in [0.1, 0.15) is 0 Å². The van der Waals surface area contributed by atoms with Crippen LogP contribution in [0.25, 0.3) is 0 Å². The van der Waals surface area contributed by atoms with E-state index in [0.29, 0.717) is 0 Å². The fraction of sp³-hybridized carbons (Fsp3) is 0.667. The van der Waals surface area contributed by atoms with Crippen molar-refractivity contribution < 1.29 is 0 Å². The van der Waals surface area contributed by atoms with E-state index >= 15 is 0 Å². The number of halogens is 1. The van der Waals surface area contributed by atoms with Gasteiger partial charge in [-0.25, -0.2) is 0 Å². The van der Waals surface area contributed by atoms with E-state index < -0.39 is 0 Å². The van der Waals surface area contributed by atoms with E-state index in [1.54, 1.807) is 0 Å². The van der Waals surface area contributed by atoms with Crippen LogP contribution in [0.15, 0.2) is 11.4 Å². The van der Waals surface area contributed by atoms with E-state index in [1.165, 1.54) is 42.5 Å². The van der Waals surface area contributed by atoms with Crippen LogP contribution in [0, 0.1) is 6.92 Å². The summed E-state index contributed by atoms with van der Waals surface area (Å²) in [6.45, 7) is 3.28. The second-order valence-corrected chi connectivity index (χ2v) is 5.24. The molecule has 3 heteroatoms. The standard InChI is InChI=1S/C12H19NS.ClH/c1-10-7-8-14-12(10)9-13-11-5-3-2-4-6-11;/h7-8,11,13H,2-6,9H2,1H3;1H. The van der Waals surface area contributed by atoms with E-state index in [9.17, 15) is 0 Å². The molecular weight excluding hydrogens is 226 g/mol. The van der Waals surface area contributed by atoms with Gasteiger partial charge in [-0.15, -0.1) is 23.7 Å². The van der Waals surface area contributed by atoms with Crippen molar-refractivity contribution in [2.75, 3.05) is 0 Å². The number of hydrogen-bond donors (Lipinski definition) is 1. The zero-order valence-corrected chi connectivity index (χ0v) is 10.9. The number of thiophene rings is 1. The minimum absolute atomic E-state index is 0. The molecule has 1 aliphatic rings. The molecule has 0 unspecified atom stereocenters. The lowest BCUT2D eigenvalue weighted by molar-refractivity contribution is 0.373. The van der Waals surface area contributed by atoms with Gasteiger partial charge in [0.15, 0.2) is 0 Å². The Morgan fingerprint density at radius 3 is 2.67 bits per heavy atom. The number of hydrogen-bond acceptors (Lipinski definition) is 2. The summed E-state index contributed by atoms with van der Waals surface area (Å²) in [5.74, 6) is 0. The Labute approximate surface area is 103 Å². The highest BCUT2D eigenvalue weighted by Gasteiger charge is 2.12.